The zero-order chi connectivity index (χ0) is 23.4. The van der Waals surface area contributed by atoms with Crippen LogP contribution >= 0.6 is 0 Å². The summed E-state index contributed by atoms with van der Waals surface area (Å²) in [6, 6.07) is 12.3. The number of carbonyl (C=O) groups is 2. The Morgan fingerprint density at radius 1 is 0.613 bits per heavy atom. The first kappa shape index (κ1) is 24.2. The number of rotatable bonds is 6. The van der Waals surface area contributed by atoms with E-state index in [2.05, 4.69) is 0 Å². The van der Waals surface area contributed by atoms with Crippen molar-refractivity contribution in [3.8, 4) is 11.5 Å². The first-order chi connectivity index (χ1) is 14.1. The minimum atomic E-state index is -1.99. The van der Waals surface area contributed by atoms with E-state index in [4.69, 9.17) is 18.9 Å². The van der Waals surface area contributed by atoms with Crippen molar-refractivity contribution in [1.29, 1.82) is 0 Å². The fourth-order valence-electron chi connectivity index (χ4n) is 2.45. The van der Waals surface area contributed by atoms with Crippen LogP contribution < -0.4 is 9.47 Å². The van der Waals surface area contributed by atoms with Gasteiger partial charge in [0.1, 0.15) is 22.7 Å². The van der Waals surface area contributed by atoms with Crippen LogP contribution in [-0.4, -0.2) is 34.2 Å². The van der Waals surface area contributed by atoms with Gasteiger partial charge in [-0.25, -0.2) is 9.59 Å². The van der Waals surface area contributed by atoms with E-state index in [-0.39, 0.29) is 0 Å². The Bertz CT molecular complexity index is 823. The quantitative estimate of drug-likeness (QED) is 0.524. The fourth-order valence-corrected chi connectivity index (χ4v) is 2.45. The highest BCUT2D eigenvalue weighted by Crippen LogP contribution is 2.23. The summed E-state index contributed by atoms with van der Waals surface area (Å²) in [5.74, 6) is -2.30. The molecule has 0 aliphatic carbocycles. The third-order valence-electron chi connectivity index (χ3n) is 3.59. The zero-order valence-electron chi connectivity index (χ0n) is 19.0. The fraction of sp³-hybridized carbons (Fsp3) is 0.417. The molecule has 168 valence electrons. The molecule has 0 fully saturated rings. The third kappa shape index (κ3) is 8.30. The Labute approximate surface area is 182 Å². The van der Waals surface area contributed by atoms with Crippen molar-refractivity contribution in [3.63, 3.8) is 0 Å². The Morgan fingerprint density at radius 3 is 1.16 bits per heavy atom. The minimum absolute atomic E-state index is 0.294. The summed E-state index contributed by atoms with van der Waals surface area (Å²) in [6.45, 7) is 12.1. The molecule has 7 heteroatoms. The first-order valence-corrected chi connectivity index (χ1v) is 9.91. The van der Waals surface area contributed by atoms with Crippen molar-refractivity contribution in [1.82, 2.24) is 0 Å². The molecular formula is C24H30O7. The van der Waals surface area contributed by atoms with Crippen molar-refractivity contribution in [3.05, 3.63) is 59.7 Å². The highest BCUT2D eigenvalue weighted by molar-refractivity contribution is 5.90. The Kier molecular flexibility index (Phi) is 7.01. The summed E-state index contributed by atoms with van der Waals surface area (Å²) in [5, 5.41) is 10.5. The molecule has 0 radical (unpaired) electrons. The van der Waals surface area contributed by atoms with E-state index in [9.17, 15) is 14.7 Å². The van der Waals surface area contributed by atoms with Gasteiger partial charge >= 0.3 is 17.9 Å². The molecule has 0 unspecified atom stereocenters. The van der Waals surface area contributed by atoms with Crippen molar-refractivity contribution in [2.75, 3.05) is 0 Å². The SMILES string of the molecule is CC(C)(C)OC(=O)c1ccc(OC(C)(O)Oc2ccc(C(=O)OC(C)(C)C)cc2)cc1. The lowest BCUT2D eigenvalue weighted by Crippen LogP contribution is -2.38. The predicted molar refractivity (Wildman–Crippen MR) is 115 cm³/mol. The molecule has 0 atom stereocenters. The second-order valence-corrected chi connectivity index (χ2v) is 9.15. The molecule has 0 aliphatic rings. The molecule has 2 rings (SSSR count). The Hall–Kier alpha value is -3.06. The maximum Gasteiger partial charge on any atom is 0.366 e. The van der Waals surface area contributed by atoms with Gasteiger partial charge in [-0.1, -0.05) is 0 Å². The first-order valence-electron chi connectivity index (χ1n) is 9.91. The van der Waals surface area contributed by atoms with Crippen LogP contribution in [0.25, 0.3) is 0 Å². The smallest absolute Gasteiger partial charge is 0.366 e. The van der Waals surface area contributed by atoms with Gasteiger partial charge in [0.25, 0.3) is 0 Å². The van der Waals surface area contributed by atoms with Gasteiger partial charge in [-0.3, -0.25) is 0 Å². The van der Waals surface area contributed by atoms with Gasteiger partial charge in [0.2, 0.25) is 0 Å². The normalized spacial score (nSPS) is 12.1. The summed E-state index contributed by atoms with van der Waals surface area (Å²) < 4.78 is 21.6. The lowest BCUT2D eigenvalue weighted by Gasteiger charge is -2.25. The molecular weight excluding hydrogens is 400 g/mol. The maximum absolute atomic E-state index is 12.1. The molecule has 2 aromatic carbocycles. The third-order valence-corrected chi connectivity index (χ3v) is 3.59. The molecule has 0 saturated carbocycles. The number of ether oxygens (including phenoxy) is 4. The topological polar surface area (TPSA) is 91.3 Å². The van der Waals surface area contributed by atoms with Crippen molar-refractivity contribution < 1.29 is 33.6 Å². The lowest BCUT2D eigenvalue weighted by atomic mass is 10.1. The lowest BCUT2D eigenvalue weighted by molar-refractivity contribution is -0.258. The second kappa shape index (κ2) is 8.98. The number of esters is 2. The van der Waals surface area contributed by atoms with E-state index in [1.807, 2.05) is 0 Å². The van der Waals surface area contributed by atoms with Gasteiger partial charge in [0.05, 0.1) is 11.1 Å². The average molecular weight is 430 g/mol. The van der Waals surface area contributed by atoms with Crippen LogP contribution in [0, 0.1) is 0 Å². The van der Waals surface area contributed by atoms with E-state index in [1.165, 1.54) is 55.5 Å². The zero-order valence-corrected chi connectivity index (χ0v) is 19.0. The Morgan fingerprint density at radius 2 is 0.903 bits per heavy atom. The summed E-state index contributed by atoms with van der Waals surface area (Å²) in [6.07, 6.45) is 0. The number of benzene rings is 2. The van der Waals surface area contributed by atoms with Gasteiger partial charge in [0.15, 0.2) is 0 Å². The van der Waals surface area contributed by atoms with Crippen LogP contribution in [0.2, 0.25) is 0 Å². The largest absolute Gasteiger partial charge is 0.456 e. The molecule has 1 N–H and O–H groups in total. The van der Waals surface area contributed by atoms with Gasteiger partial charge in [0, 0.05) is 6.92 Å². The van der Waals surface area contributed by atoms with Crippen LogP contribution in [-0.2, 0) is 9.47 Å². The second-order valence-electron chi connectivity index (χ2n) is 9.15. The summed E-state index contributed by atoms with van der Waals surface area (Å²) in [4.78, 5) is 24.2. The maximum atomic E-state index is 12.1. The molecule has 0 heterocycles. The van der Waals surface area contributed by atoms with E-state index in [1.54, 1.807) is 41.5 Å². The monoisotopic (exact) mass is 430 g/mol. The summed E-state index contributed by atoms with van der Waals surface area (Å²) in [7, 11) is 0. The highest BCUT2D eigenvalue weighted by Gasteiger charge is 2.26. The van der Waals surface area contributed by atoms with Crippen molar-refractivity contribution in [2.24, 2.45) is 0 Å². The molecule has 31 heavy (non-hydrogen) atoms. The Balaban J connectivity index is 2.00. The van der Waals surface area contributed by atoms with Crippen LogP contribution in [0.5, 0.6) is 11.5 Å². The molecule has 0 bridgehead atoms. The standard InChI is InChI=1S/C24H30O7/c1-22(2,3)30-20(25)16-8-12-18(13-9-16)28-24(7,27)29-19-14-10-17(11-15-19)21(26)31-23(4,5)6/h8-15,27H,1-7H3. The van der Waals surface area contributed by atoms with Gasteiger partial charge in [-0.05, 0) is 90.1 Å². The van der Waals surface area contributed by atoms with Crippen molar-refractivity contribution in [2.45, 2.75) is 65.6 Å². The van der Waals surface area contributed by atoms with Gasteiger partial charge in [-0.2, -0.15) is 0 Å². The molecule has 7 nitrogen and oxygen atoms in total. The predicted octanol–water partition coefficient (Wildman–Crippen LogP) is 4.72. The summed E-state index contributed by atoms with van der Waals surface area (Å²) in [5.41, 5.74) is -0.466. The van der Waals surface area contributed by atoms with Crippen LogP contribution in [0.3, 0.4) is 0 Å². The highest BCUT2D eigenvalue weighted by atomic mass is 16.8. The molecule has 2 aromatic rings. The van der Waals surface area contributed by atoms with E-state index >= 15 is 0 Å². The minimum Gasteiger partial charge on any atom is -0.456 e. The number of hydrogen-bond donors (Lipinski definition) is 1. The van der Waals surface area contributed by atoms with Crippen molar-refractivity contribution >= 4 is 11.9 Å². The molecule has 0 amide bonds. The molecule has 0 saturated heterocycles. The average Bonchev–Trinajstić information content (AvgIpc) is 2.59. The molecule has 0 aromatic heterocycles. The molecule has 0 aliphatic heterocycles. The van der Waals surface area contributed by atoms with Crippen LogP contribution in [0.4, 0.5) is 0 Å². The van der Waals surface area contributed by atoms with Crippen LogP contribution in [0.1, 0.15) is 69.2 Å². The van der Waals surface area contributed by atoms with E-state index in [0.29, 0.717) is 22.6 Å². The van der Waals surface area contributed by atoms with Crippen LogP contribution in [0.15, 0.2) is 48.5 Å². The van der Waals surface area contributed by atoms with E-state index < -0.39 is 29.1 Å². The van der Waals surface area contributed by atoms with Gasteiger partial charge < -0.3 is 24.1 Å². The van der Waals surface area contributed by atoms with Gasteiger partial charge in [-0.15, -0.1) is 0 Å². The number of carbonyl (C=O) groups excluding carboxylic acids is 2. The number of hydrogen-bond acceptors (Lipinski definition) is 7. The van der Waals surface area contributed by atoms with E-state index in [0.717, 1.165) is 0 Å². The molecule has 0 spiro atoms. The summed E-state index contributed by atoms with van der Waals surface area (Å²) >= 11 is 0. The number of aliphatic hydroxyl groups is 1.